The van der Waals surface area contributed by atoms with E-state index >= 15 is 0 Å². The van der Waals surface area contributed by atoms with Gasteiger partial charge in [-0.3, -0.25) is 0 Å². The summed E-state index contributed by atoms with van der Waals surface area (Å²) in [6.45, 7) is 2.00. The molecule has 1 aromatic rings. The molecule has 0 radical (unpaired) electrons. The van der Waals surface area contributed by atoms with E-state index in [1.807, 2.05) is 4.68 Å². The maximum Gasteiger partial charge on any atom is 0.169 e. The molecule has 2 rings (SSSR count). The second-order valence-electron chi connectivity index (χ2n) is 4.51. The number of nitrogens with zero attached hydrogens (tertiary/aromatic N) is 4. The molecule has 0 atom stereocenters. The van der Waals surface area contributed by atoms with Crippen molar-refractivity contribution in [1.29, 1.82) is 0 Å². The Hall–Kier alpha value is -1.10. The van der Waals surface area contributed by atoms with E-state index in [1.54, 1.807) is 0 Å². The normalized spacial score (nSPS) is 16.2. The fraction of sp³-hybridized carbons (Fsp3) is 0.800. The summed E-state index contributed by atoms with van der Waals surface area (Å²) >= 11 is 0. The van der Waals surface area contributed by atoms with Crippen LogP contribution in [-0.4, -0.2) is 40.5 Å². The Kier molecular flexibility index (Phi) is 2.90. The molecule has 1 aromatic heterocycles. The maximum absolute atomic E-state index is 5.81. The zero-order chi connectivity index (χ0) is 10.8. The van der Waals surface area contributed by atoms with Crippen LogP contribution in [0.4, 0.5) is 5.82 Å². The molecule has 1 heterocycles. The lowest BCUT2D eigenvalue weighted by Gasteiger charge is -2.10. The number of aromatic nitrogens is 3. The van der Waals surface area contributed by atoms with Crippen molar-refractivity contribution in [3.8, 4) is 0 Å². The summed E-state index contributed by atoms with van der Waals surface area (Å²) in [5, 5.41) is 8.05. The highest BCUT2D eigenvalue weighted by molar-refractivity contribution is 5.38. The van der Waals surface area contributed by atoms with Crippen LogP contribution in [0, 0.1) is 0 Å². The van der Waals surface area contributed by atoms with Crippen LogP contribution in [0.25, 0.3) is 0 Å². The molecule has 1 aliphatic carbocycles. The van der Waals surface area contributed by atoms with Crippen LogP contribution in [-0.2, 0) is 6.54 Å². The number of aryl methyl sites for hydroxylation is 1. The minimum absolute atomic E-state index is 0.624. The molecule has 84 valence electrons. The van der Waals surface area contributed by atoms with Gasteiger partial charge in [0.15, 0.2) is 5.82 Å². The molecule has 1 fully saturated rings. The summed E-state index contributed by atoms with van der Waals surface area (Å²) in [7, 11) is 4.16. The van der Waals surface area contributed by atoms with Crippen molar-refractivity contribution in [2.75, 3.05) is 26.4 Å². The van der Waals surface area contributed by atoms with Gasteiger partial charge >= 0.3 is 0 Å². The van der Waals surface area contributed by atoms with E-state index < -0.39 is 0 Å². The SMILES string of the molecule is CN(C)CCCn1nnc(N)c1C1CC1. The Morgan fingerprint density at radius 1 is 1.47 bits per heavy atom. The fourth-order valence-electron chi connectivity index (χ4n) is 1.81. The third-order valence-electron chi connectivity index (χ3n) is 2.74. The lowest BCUT2D eigenvalue weighted by molar-refractivity contribution is 0.376. The maximum atomic E-state index is 5.81. The predicted octanol–water partition coefficient (Wildman–Crippen LogP) is 0.689. The average molecular weight is 209 g/mol. The van der Waals surface area contributed by atoms with Gasteiger partial charge in [-0.25, -0.2) is 4.68 Å². The molecule has 15 heavy (non-hydrogen) atoms. The number of nitrogen functional groups attached to an aromatic ring is 1. The fourth-order valence-corrected chi connectivity index (χ4v) is 1.81. The van der Waals surface area contributed by atoms with Gasteiger partial charge < -0.3 is 10.6 Å². The molecule has 5 nitrogen and oxygen atoms in total. The van der Waals surface area contributed by atoms with Gasteiger partial charge in [0.05, 0.1) is 5.69 Å². The molecule has 0 amide bonds. The zero-order valence-electron chi connectivity index (χ0n) is 9.48. The van der Waals surface area contributed by atoms with Crippen molar-refractivity contribution in [2.45, 2.75) is 31.7 Å². The highest BCUT2D eigenvalue weighted by Crippen LogP contribution is 2.41. The first-order valence-electron chi connectivity index (χ1n) is 5.52. The van der Waals surface area contributed by atoms with Crippen molar-refractivity contribution in [3.63, 3.8) is 0 Å². The standard InChI is InChI=1S/C10H19N5/c1-14(2)6-3-7-15-9(8-4-5-8)10(11)12-13-15/h8H,3-7,11H2,1-2H3. The van der Waals surface area contributed by atoms with Crippen LogP contribution in [0.3, 0.4) is 0 Å². The lowest BCUT2D eigenvalue weighted by Crippen LogP contribution is -2.16. The summed E-state index contributed by atoms with van der Waals surface area (Å²) in [4.78, 5) is 2.18. The Morgan fingerprint density at radius 3 is 2.80 bits per heavy atom. The summed E-state index contributed by atoms with van der Waals surface area (Å²) in [5.74, 6) is 1.25. The monoisotopic (exact) mass is 209 g/mol. The summed E-state index contributed by atoms with van der Waals surface area (Å²) < 4.78 is 1.98. The van der Waals surface area contributed by atoms with Crippen molar-refractivity contribution < 1.29 is 0 Å². The van der Waals surface area contributed by atoms with Crippen LogP contribution in [0.1, 0.15) is 30.9 Å². The zero-order valence-corrected chi connectivity index (χ0v) is 9.48. The van der Waals surface area contributed by atoms with Gasteiger partial charge in [-0.15, -0.1) is 5.10 Å². The van der Waals surface area contributed by atoms with E-state index in [-0.39, 0.29) is 0 Å². The average Bonchev–Trinajstić information content (AvgIpc) is 2.92. The number of hydrogen-bond donors (Lipinski definition) is 1. The van der Waals surface area contributed by atoms with Crippen LogP contribution >= 0.6 is 0 Å². The molecule has 0 aliphatic heterocycles. The van der Waals surface area contributed by atoms with Crippen LogP contribution in [0.5, 0.6) is 0 Å². The van der Waals surface area contributed by atoms with Crippen LogP contribution in [0.2, 0.25) is 0 Å². The summed E-state index contributed by atoms with van der Waals surface area (Å²) in [5.41, 5.74) is 6.97. The predicted molar refractivity (Wildman–Crippen MR) is 59.6 cm³/mol. The largest absolute Gasteiger partial charge is 0.381 e. The second-order valence-corrected chi connectivity index (χ2v) is 4.51. The van der Waals surface area contributed by atoms with Crippen molar-refractivity contribution in [1.82, 2.24) is 19.9 Å². The quantitative estimate of drug-likeness (QED) is 0.775. The summed E-state index contributed by atoms with van der Waals surface area (Å²) in [6.07, 6.45) is 3.58. The van der Waals surface area contributed by atoms with E-state index in [9.17, 15) is 0 Å². The Balaban J connectivity index is 1.95. The van der Waals surface area contributed by atoms with E-state index in [0.717, 1.165) is 25.2 Å². The molecule has 1 saturated carbocycles. The number of nitrogens with two attached hydrogens (primary N) is 1. The smallest absolute Gasteiger partial charge is 0.169 e. The Morgan fingerprint density at radius 2 is 2.20 bits per heavy atom. The summed E-state index contributed by atoms with van der Waals surface area (Å²) in [6, 6.07) is 0. The van der Waals surface area contributed by atoms with Crippen LogP contribution in [0.15, 0.2) is 0 Å². The van der Waals surface area contributed by atoms with Crippen molar-refractivity contribution >= 4 is 5.82 Å². The first-order chi connectivity index (χ1) is 7.18. The highest BCUT2D eigenvalue weighted by Gasteiger charge is 2.30. The van der Waals surface area contributed by atoms with E-state index in [4.69, 9.17) is 5.73 Å². The van der Waals surface area contributed by atoms with Crippen molar-refractivity contribution in [3.05, 3.63) is 5.69 Å². The molecule has 5 heteroatoms. The van der Waals surface area contributed by atoms with Gasteiger partial charge in [0.1, 0.15) is 0 Å². The highest BCUT2D eigenvalue weighted by atomic mass is 15.4. The molecule has 0 bridgehead atoms. The first-order valence-corrected chi connectivity index (χ1v) is 5.52. The molecular formula is C10H19N5. The number of hydrogen-bond acceptors (Lipinski definition) is 4. The minimum Gasteiger partial charge on any atom is -0.381 e. The second kappa shape index (κ2) is 4.18. The molecule has 0 unspecified atom stereocenters. The van der Waals surface area contributed by atoms with Gasteiger partial charge in [0.25, 0.3) is 0 Å². The molecule has 0 aromatic carbocycles. The van der Waals surface area contributed by atoms with E-state index in [0.29, 0.717) is 11.7 Å². The Labute approximate surface area is 90.2 Å². The third kappa shape index (κ3) is 2.47. The van der Waals surface area contributed by atoms with Gasteiger partial charge in [0, 0.05) is 12.5 Å². The van der Waals surface area contributed by atoms with Gasteiger partial charge in [-0.1, -0.05) is 5.21 Å². The molecule has 1 aliphatic rings. The van der Waals surface area contributed by atoms with Crippen molar-refractivity contribution in [2.24, 2.45) is 0 Å². The van der Waals surface area contributed by atoms with E-state index in [2.05, 4.69) is 29.3 Å². The van der Waals surface area contributed by atoms with E-state index in [1.165, 1.54) is 12.8 Å². The lowest BCUT2D eigenvalue weighted by atomic mass is 10.3. The van der Waals surface area contributed by atoms with Gasteiger partial charge in [-0.2, -0.15) is 0 Å². The molecular weight excluding hydrogens is 190 g/mol. The first kappa shape index (κ1) is 10.4. The van der Waals surface area contributed by atoms with Gasteiger partial charge in [-0.05, 0) is 39.9 Å². The molecule has 0 spiro atoms. The Bertz CT molecular complexity index is 327. The minimum atomic E-state index is 0.624. The molecule has 2 N–H and O–H groups in total. The number of rotatable bonds is 5. The molecule has 0 saturated heterocycles. The van der Waals surface area contributed by atoms with Crippen LogP contribution < -0.4 is 5.73 Å². The topological polar surface area (TPSA) is 60.0 Å². The van der Waals surface area contributed by atoms with Gasteiger partial charge in [0.2, 0.25) is 0 Å². The third-order valence-corrected chi connectivity index (χ3v) is 2.74. The number of anilines is 1.